The van der Waals surface area contributed by atoms with E-state index < -0.39 is 11.5 Å². The number of aryl methyl sites for hydroxylation is 1. The van der Waals surface area contributed by atoms with Gasteiger partial charge in [0.15, 0.2) is 0 Å². The van der Waals surface area contributed by atoms with Gasteiger partial charge >= 0.3 is 0 Å². The summed E-state index contributed by atoms with van der Waals surface area (Å²) in [4.78, 5) is 28.5. The van der Waals surface area contributed by atoms with Gasteiger partial charge in [0.05, 0.1) is 6.04 Å². The molecule has 0 spiro atoms. The van der Waals surface area contributed by atoms with Crippen LogP contribution in [0, 0.1) is 35.9 Å². The summed E-state index contributed by atoms with van der Waals surface area (Å²) in [6, 6.07) is 8.51. The van der Waals surface area contributed by atoms with E-state index in [-0.39, 0.29) is 23.1 Å². The van der Waals surface area contributed by atoms with Crippen molar-refractivity contribution in [3.8, 4) is 0 Å². The van der Waals surface area contributed by atoms with Crippen molar-refractivity contribution in [3.63, 3.8) is 0 Å². The fraction of sp³-hybridized carbons (Fsp3) is 0.581. The van der Waals surface area contributed by atoms with E-state index in [4.69, 9.17) is 5.73 Å². The largest absolute Gasteiger partial charge is 0.388 e. The molecule has 0 saturated heterocycles. The fourth-order valence-electron chi connectivity index (χ4n) is 6.00. The summed E-state index contributed by atoms with van der Waals surface area (Å²) in [5.74, 6) is 0.570. The minimum Gasteiger partial charge on any atom is -0.388 e. The Morgan fingerprint density at radius 2 is 1.89 bits per heavy atom. The Balaban J connectivity index is 0.000000427. The van der Waals surface area contributed by atoms with Crippen molar-refractivity contribution >= 4 is 17.9 Å². The van der Waals surface area contributed by atoms with Crippen LogP contribution in [0.5, 0.6) is 0 Å². The van der Waals surface area contributed by atoms with E-state index in [0.29, 0.717) is 30.4 Å². The average Bonchev–Trinajstić information content (AvgIpc) is 3.67. The van der Waals surface area contributed by atoms with E-state index in [1.165, 1.54) is 0 Å². The highest BCUT2D eigenvalue weighted by Gasteiger charge is 2.47. The van der Waals surface area contributed by atoms with Crippen LogP contribution in [0.15, 0.2) is 42.7 Å². The van der Waals surface area contributed by atoms with E-state index in [0.717, 1.165) is 49.6 Å². The van der Waals surface area contributed by atoms with Crippen LogP contribution < -0.4 is 16.4 Å². The lowest BCUT2D eigenvalue weighted by Crippen LogP contribution is -2.50. The number of benzene rings is 1. The minimum atomic E-state index is -0.641. The Morgan fingerprint density at radius 3 is 2.42 bits per heavy atom. The maximum Gasteiger partial charge on any atom is 0.237 e. The van der Waals surface area contributed by atoms with Gasteiger partial charge in [-0.25, -0.2) is 4.39 Å². The summed E-state index contributed by atoms with van der Waals surface area (Å²) >= 11 is 0. The van der Waals surface area contributed by atoms with Crippen LogP contribution in [-0.2, 0) is 15.0 Å². The molecule has 4 rings (SSSR count). The van der Waals surface area contributed by atoms with Crippen LogP contribution in [0.3, 0.4) is 0 Å². The lowest BCUT2D eigenvalue weighted by Gasteiger charge is -2.41. The number of aldehydes is 1. The molecule has 1 heterocycles. The van der Waals surface area contributed by atoms with Gasteiger partial charge in [-0.05, 0) is 92.5 Å². The molecule has 0 bridgehead atoms. The standard InChI is InChI=1S/C25H37FN2O2.C6H8N2/c1-16(2)9-18-11-19(13-24(4,12-18)15-29)22(27)23(30)28-14-25(7-8-25)20-6-5-17(3)10-21(20)26;1-7-6-2-4-8-5-3-6/h5-6,10,15-16,18-19,22H,7-9,11-14,27H2,1-4H3,(H,28,30);2-5H,1H3,(H,7,8). The molecule has 4 N–H and O–H groups in total. The van der Waals surface area contributed by atoms with E-state index in [9.17, 15) is 14.0 Å². The van der Waals surface area contributed by atoms with Crippen molar-refractivity contribution in [3.05, 3.63) is 59.7 Å². The van der Waals surface area contributed by atoms with Gasteiger partial charge in [-0.15, -0.1) is 0 Å². The van der Waals surface area contributed by atoms with Gasteiger partial charge in [0, 0.05) is 42.5 Å². The number of nitrogens with one attached hydrogen (secondary N) is 2. The first-order chi connectivity index (χ1) is 18.0. The smallest absolute Gasteiger partial charge is 0.237 e. The topological polar surface area (TPSA) is 97.1 Å². The highest BCUT2D eigenvalue weighted by molar-refractivity contribution is 5.82. The highest BCUT2D eigenvalue weighted by Crippen LogP contribution is 2.49. The molecular formula is C31H45FN4O2. The molecule has 7 heteroatoms. The van der Waals surface area contributed by atoms with Gasteiger partial charge in [0.2, 0.25) is 5.91 Å². The third-order valence-corrected chi connectivity index (χ3v) is 8.14. The molecule has 1 aromatic carbocycles. The molecule has 0 aliphatic heterocycles. The molecule has 1 amide bonds. The summed E-state index contributed by atoms with van der Waals surface area (Å²) in [6.07, 6.45) is 9.75. The zero-order valence-electron chi connectivity index (χ0n) is 23.6. The molecule has 2 fully saturated rings. The number of amides is 1. The zero-order chi connectivity index (χ0) is 27.9. The molecule has 0 radical (unpaired) electrons. The molecule has 4 atom stereocenters. The molecule has 2 aliphatic rings. The maximum atomic E-state index is 14.5. The van der Waals surface area contributed by atoms with Crippen molar-refractivity contribution in [2.75, 3.05) is 18.9 Å². The van der Waals surface area contributed by atoms with Crippen molar-refractivity contribution in [2.45, 2.75) is 77.7 Å². The average molecular weight is 525 g/mol. The summed E-state index contributed by atoms with van der Waals surface area (Å²) in [7, 11) is 1.88. The van der Waals surface area contributed by atoms with Crippen molar-refractivity contribution in [1.82, 2.24) is 10.3 Å². The minimum absolute atomic E-state index is 0.0102. The fourth-order valence-corrected chi connectivity index (χ4v) is 6.00. The second-order valence-corrected chi connectivity index (χ2v) is 12.2. The first kappa shape index (κ1) is 29.8. The Bertz CT molecular complexity index is 1070. The third kappa shape index (κ3) is 7.85. The number of aromatic nitrogens is 1. The van der Waals surface area contributed by atoms with Crippen LogP contribution in [0.2, 0.25) is 0 Å². The number of anilines is 1. The second-order valence-electron chi connectivity index (χ2n) is 12.2. The van der Waals surface area contributed by atoms with Gasteiger partial charge in [0.1, 0.15) is 12.1 Å². The quantitative estimate of drug-likeness (QED) is 0.382. The number of rotatable bonds is 9. The van der Waals surface area contributed by atoms with Gasteiger partial charge in [-0.1, -0.05) is 32.9 Å². The number of nitrogens with zero attached hydrogens (tertiary/aromatic N) is 1. The molecule has 6 nitrogen and oxygen atoms in total. The number of carbonyl (C=O) groups is 2. The molecule has 2 saturated carbocycles. The molecule has 38 heavy (non-hydrogen) atoms. The maximum absolute atomic E-state index is 14.5. The van der Waals surface area contributed by atoms with Gasteiger partial charge < -0.3 is 21.2 Å². The van der Waals surface area contributed by atoms with Crippen molar-refractivity contribution < 1.29 is 14.0 Å². The Kier molecular flexibility index (Phi) is 10.0. The first-order valence-electron chi connectivity index (χ1n) is 13.8. The Labute approximate surface area is 227 Å². The summed E-state index contributed by atoms with van der Waals surface area (Å²) in [5, 5.41) is 5.99. The van der Waals surface area contributed by atoms with Crippen molar-refractivity contribution in [2.24, 2.45) is 28.9 Å². The molecule has 208 valence electrons. The number of carbonyl (C=O) groups excluding carboxylic acids is 2. The molecule has 2 aromatic rings. The van der Waals surface area contributed by atoms with Crippen LogP contribution in [0.25, 0.3) is 0 Å². The summed E-state index contributed by atoms with van der Waals surface area (Å²) in [6.45, 7) is 8.65. The summed E-state index contributed by atoms with van der Waals surface area (Å²) < 4.78 is 14.5. The molecule has 2 aliphatic carbocycles. The van der Waals surface area contributed by atoms with Gasteiger partial charge in [0.25, 0.3) is 0 Å². The molecule has 4 unspecified atom stereocenters. The summed E-state index contributed by atoms with van der Waals surface area (Å²) in [5.41, 5.74) is 8.35. The number of hydrogen-bond donors (Lipinski definition) is 3. The number of hydrogen-bond acceptors (Lipinski definition) is 5. The first-order valence-corrected chi connectivity index (χ1v) is 13.8. The molecule has 1 aromatic heterocycles. The SMILES string of the molecule is CNc1ccncc1.Cc1ccc(C2(CNC(=O)C(N)C3CC(CC(C)C)CC(C)(C=O)C3)CC2)c(F)c1. The lowest BCUT2D eigenvalue weighted by atomic mass is 9.64. The normalized spacial score (nSPS) is 24.5. The number of nitrogens with two attached hydrogens (primary N) is 1. The predicted octanol–water partition coefficient (Wildman–Crippen LogP) is 5.40. The van der Waals surface area contributed by atoms with Crippen LogP contribution in [0.1, 0.15) is 70.4 Å². The van der Waals surface area contributed by atoms with Crippen LogP contribution >= 0.6 is 0 Å². The third-order valence-electron chi connectivity index (χ3n) is 8.14. The van der Waals surface area contributed by atoms with E-state index in [1.54, 1.807) is 18.5 Å². The molecular weight excluding hydrogens is 479 g/mol. The van der Waals surface area contributed by atoms with Crippen molar-refractivity contribution in [1.29, 1.82) is 0 Å². The number of halogens is 1. The Hall–Kier alpha value is -2.80. The number of pyridine rings is 1. The zero-order valence-corrected chi connectivity index (χ0v) is 23.6. The van der Waals surface area contributed by atoms with E-state index >= 15 is 0 Å². The van der Waals surface area contributed by atoms with E-state index in [2.05, 4.69) is 29.5 Å². The monoisotopic (exact) mass is 524 g/mol. The van der Waals surface area contributed by atoms with Crippen LogP contribution in [-0.4, -0.2) is 36.8 Å². The Morgan fingerprint density at radius 1 is 1.21 bits per heavy atom. The highest BCUT2D eigenvalue weighted by atomic mass is 19.1. The van der Waals surface area contributed by atoms with Gasteiger partial charge in [-0.3, -0.25) is 9.78 Å². The van der Waals surface area contributed by atoms with E-state index in [1.807, 2.05) is 45.2 Å². The predicted molar refractivity (Wildman–Crippen MR) is 151 cm³/mol. The van der Waals surface area contributed by atoms with Crippen LogP contribution in [0.4, 0.5) is 10.1 Å². The lowest BCUT2D eigenvalue weighted by molar-refractivity contribution is -0.126. The van der Waals surface area contributed by atoms with Gasteiger partial charge in [-0.2, -0.15) is 0 Å². The second kappa shape index (κ2) is 12.8.